The van der Waals surface area contributed by atoms with Crippen LogP contribution in [0.3, 0.4) is 0 Å². The Hall–Kier alpha value is -2.61. The molecule has 4 N–H and O–H groups in total. The number of aliphatic hydroxyl groups is 1. The third kappa shape index (κ3) is 3.01. The summed E-state index contributed by atoms with van der Waals surface area (Å²) in [5, 5.41) is 10.2. The zero-order valence-electron chi connectivity index (χ0n) is 12.0. The molecule has 22 heavy (non-hydrogen) atoms. The number of carbonyl (C=O) groups excluding carboxylic acids is 1. The number of aromatic nitrogens is 3. The quantitative estimate of drug-likeness (QED) is 0.703. The molecule has 8 nitrogen and oxygen atoms in total. The number of aromatic amines is 1. The number of hydrogen-bond donors (Lipinski definition) is 3. The second-order valence-corrected chi connectivity index (χ2v) is 5.24. The zero-order valence-corrected chi connectivity index (χ0v) is 12.0. The fourth-order valence-electron chi connectivity index (χ4n) is 2.55. The number of nitrogen functional groups attached to an aromatic ring is 1. The van der Waals surface area contributed by atoms with Gasteiger partial charge in [-0.1, -0.05) is 0 Å². The van der Waals surface area contributed by atoms with Crippen molar-refractivity contribution in [3.05, 3.63) is 36.4 Å². The van der Waals surface area contributed by atoms with Crippen LogP contribution in [0.25, 0.3) is 0 Å². The van der Waals surface area contributed by atoms with Crippen molar-refractivity contribution in [3.63, 3.8) is 0 Å². The maximum Gasteiger partial charge on any atom is 0.270 e. The zero-order chi connectivity index (χ0) is 15.5. The van der Waals surface area contributed by atoms with E-state index in [0.717, 1.165) is 0 Å². The SMILES string of the molecule is Nc1cc(N2CCN(C(=O)c3ccc[nH]3)CC(O)C2)ncn1. The lowest BCUT2D eigenvalue weighted by atomic mass is 10.3. The highest BCUT2D eigenvalue weighted by Gasteiger charge is 2.26. The average Bonchev–Trinajstić information content (AvgIpc) is 2.96. The van der Waals surface area contributed by atoms with Gasteiger partial charge in [0.25, 0.3) is 5.91 Å². The normalized spacial score (nSPS) is 19.0. The standard InChI is InChI=1S/C14H18N6O2/c15-12-6-13(18-9-17-12)19-4-5-20(8-10(21)7-19)14(22)11-2-1-3-16-11/h1-3,6,9-10,16,21H,4-5,7-8H2,(H2,15,17,18). The third-order valence-corrected chi connectivity index (χ3v) is 3.62. The lowest BCUT2D eigenvalue weighted by Gasteiger charge is -2.22. The van der Waals surface area contributed by atoms with E-state index in [9.17, 15) is 9.90 Å². The summed E-state index contributed by atoms with van der Waals surface area (Å²) in [5.74, 6) is 0.914. The molecular weight excluding hydrogens is 284 g/mol. The number of H-pyrrole nitrogens is 1. The Balaban J connectivity index is 1.74. The minimum Gasteiger partial charge on any atom is -0.389 e. The van der Waals surface area contributed by atoms with E-state index in [4.69, 9.17) is 5.73 Å². The maximum atomic E-state index is 12.4. The molecule has 0 radical (unpaired) electrons. The number of nitrogens with one attached hydrogen (secondary N) is 1. The first-order valence-corrected chi connectivity index (χ1v) is 7.06. The number of β-amino-alcohol motifs (C(OH)–C–C–N with tert-alkyl or cyclic N) is 1. The van der Waals surface area contributed by atoms with Crippen LogP contribution < -0.4 is 10.6 Å². The number of rotatable bonds is 2. The number of nitrogens with two attached hydrogens (primary N) is 1. The molecular formula is C14H18N6O2. The van der Waals surface area contributed by atoms with Gasteiger partial charge in [-0.05, 0) is 12.1 Å². The van der Waals surface area contributed by atoms with Gasteiger partial charge >= 0.3 is 0 Å². The van der Waals surface area contributed by atoms with E-state index in [2.05, 4.69) is 15.0 Å². The van der Waals surface area contributed by atoms with Crippen LogP contribution in [0, 0.1) is 0 Å². The first kappa shape index (κ1) is 14.3. The molecule has 3 rings (SSSR count). The lowest BCUT2D eigenvalue weighted by molar-refractivity contribution is 0.0669. The minimum atomic E-state index is -0.655. The molecule has 0 bridgehead atoms. The highest BCUT2D eigenvalue weighted by Crippen LogP contribution is 2.16. The average molecular weight is 302 g/mol. The van der Waals surface area contributed by atoms with Gasteiger partial charge in [0.15, 0.2) is 0 Å². The summed E-state index contributed by atoms with van der Waals surface area (Å²) < 4.78 is 0. The van der Waals surface area contributed by atoms with Crippen LogP contribution >= 0.6 is 0 Å². The topological polar surface area (TPSA) is 111 Å². The molecule has 0 spiro atoms. The highest BCUT2D eigenvalue weighted by molar-refractivity contribution is 5.92. The minimum absolute atomic E-state index is 0.117. The van der Waals surface area contributed by atoms with Gasteiger partial charge < -0.3 is 25.6 Å². The van der Waals surface area contributed by atoms with E-state index in [1.54, 1.807) is 29.3 Å². The van der Waals surface area contributed by atoms with Crippen LogP contribution in [0.2, 0.25) is 0 Å². The predicted octanol–water partition coefficient (Wildman–Crippen LogP) is -0.290. The van der Waals surface area contributed by atoms with Crippen LogP contribution in [0.4, 0.5) is 11.6 Å². The Morgan fingerprint density at radius 2 is 2.23 bits per heavy atom. The van der Waals surface area contributed by atoms with Gasteiger partial charge in [0.05, 0.1) is 6.10 Å². The molecule has 1 saturated heterocycles. The summed E-state index contributed by atoms with van der Waals surface area (Å²) in [5.41, 5.74) is 6.19. The molecule has 2 aromatic rings. The van der Waals surface area contributed by atoms with Crippen molar-refractivity contribution >= 4 is 17.5 Å². The van der Waals surface area contributed by atoms with Crippen LogP contribution in [0.5, 0.6) is 0 Å². The van der Waals surface area contributed by atoms with Crippen LogP contribution in [-0.2, 0) is 0 Å². The van der Waals surface area contributed by atoms with Crippen molar-refractivity contribution in [3.8, 4) is 0 Å². The van der Waals surface area contributed by atoms with Crippen molar-refractivity contribution in [2.75, 3.05) is 36.8 Å². The summed E-state index contributed by atoms with van der Waals surface area (Å²) in [6.45, 7) is 1.75. The molecule has 116 valence electrons. The van der Waals surface area contributed by atoms with Crippen molar-refractivity contribution in [2.24, 2.45) is 0 Å². The number of amides is 1. The summed E-state index contributed by atoms with van der Waals surface area (Å²) in [6.07, 6.45) is 2.44. The number of hydrogen-bond acceptors (Lipinski definition) is 6. The van der Waals surface area contributed by atoms with Crippen molar-refractivity contribution in [1.82, 2.24) is 19.9 Å². The largest absolute Gasteiger partial charge is 0.389 e. The van der Waals surface area contributed by atoms with Crippen molar-refractivity contribution in [2.45, 2.75) is 6.10 Å². The molecule has 1 fully saturated rings. The van der Waals surface area contributed by atoms with E-state index in [1.165, 1.54) is 6.33 Å². The Kier molecular flexibility index (Phi) is 3.92. The molecule has 1 atom stereocenters. The Morgan fingerprint density at radius 1 is 1.36 bits per heavy atom. The number of anilines is 2. The molecule has 0 aromatic carbocycles. The predicted molar refractivity (Wildman–Crippen MR) is 81.4 cm³/mol. The number of carbonyl (C=O) groups is 1. The molecule has 1 aliphatic heterocycles. The van der Waals surface area contributed by atoms with Gasteiger partial charge in [-0.25, -0.2) is 9.97 Å². The second kappa shape index (κ2) is 6.02. The van der Waals surface area contributed by atoms with Gasteiger partial charge in [-0.3, -0.25) is 4.79 Å². The second-order valence-electron chi connectivity index (χ2n) is 5.24. The van der Waals surface area contributed by atoms with Gasteiger partial charge in [0.2, 0.25) is 0 Å². The maximum absolute atomic E-state index is 12.4. The summed E-state index contributed by atoms with van der Waals surface area (Å²) in [4.78, 5) is 26.9. The van der Waals surface area contributed by atoms with Crippen LogP contribution in [-0.4, -0.2) is 63.1 Å². The molecule has 1 unspecified atom stereocenters. The molecule has 1 amide bonds. The molecule has 1 aliphatic rings. The third-order valence-electron chi connectivity index (χ3n) is 3.62. The van der Waals surface area contributed by atoms with E-state index in [1.807, 2.05) is 4.90 Å². The van der Waals surface area contributed by atoms with Gasteiger partial charge in [-0.2, -0.15) is 0 Å². The summed E-state index contributed by atoms with van der Waals surface area (Å²) >= 11 is 0. The van der Waals surface area contributed by atoms with E-state index in [0.29, 0.717) is 37.0 Å². The fraction of sp³-hybridized carbons (Fsp3) is 0.357. The van der Waals surface area contributed by atoms with Crippen molar-refractivity contribution in [1.29, 1.82) is 0 Å². The molecule has 3 heterocycles. The highest BCUT2D eigenvalue weighted by atomic mass is 16.3. The van der Waals surface area contributed by atoms with Crippen LogP contribution in [0.15, 0.2) is 30.7 Å². The smallest absolute Gasteiger partial charge is 0.270 e. The number of aliphatic hydroxyl groups excluding tert-OH is 1. The van der Waals surface area contributed by atoms with Gasteiger partial charge in [0, 0.05) is 38.4 Å². The number of nitrogens with zero attached hydrogens (tertiary/aromatic N) is 4. The Bertz CT molecular complexity index is 645. The molecule has 8 heteroatoms. The first-order chi connectivity index (χ1) is 10.6. The fourth-order valence-corrected chi connectivity index (χ4v) is 2.55. The molecule has 0 aliphatic carbocycles. The summed E-state index contributed by atoms with van der Waals surface area (Å²) in [7, 11) is 0. The van der Waals surface area contributed by atoms with Gasteiger partial charge in [-0.15, -0.1) is 0 Å². The monoisotopic (exact) mass is 302 g/mol. The van der Waals surface area contributed by atoms with Crippen LogP contribution in [0.1, 0.15) is 10.5 Å². The summed E-state index contributed by atoms with van der Waals surface area (Å²) in [6, 6.07) is 5.16. The Labute approximate surface area is 127 Å². The first-order valence-electron chi connectivity index (χ1n) is 7.06. The lowest BCUT2D eigenvalue weighted by Crippen LogP contribution is -2.37. The van der Waals surface area contributed by atoms with Crippen molar-refractivity contribution < 1.29 is 9.90 Å². The van der Waals surface area contributed by atoms with Gasteiger partial charge in [0.1, 0.15) is 23.7 Å². The Morgan fingerprint density at radius 3 is 2.95 bits per heavy atom. The van der Waals surface area contributed by atoms with E-state index >= 15 is 0 Å². The molecule has 2 aromatic heterocycles. The molecule has 0 saturated carbocycles. The van der Waals surface area contributed by atoms with E-state index < -0.39 is 6.10 Å². The van der Waals surface area contributed by atoms with E-state index in [-0.39, 0.29) is 12.5 Å².